The summed E-state index contributed by atoms with van der Waals surface area (Å²) in [7, 11) is 1.60. The predicted octanol–water partition coefficient (Wildman–Crippen LogP) is 2.35. The Labute approximate surface area is 115 Å². The molecule has 20 heavy (non-hydrogen) atoms. The van der Waals surface area contributed by atoms with Crippen molar-refractivity contribution in [3.8, 4) is 23.1 Å². The first-order chi connectivity index (χ1) is 9.63. The molecule has 0 aliphatic heterocycles. The maximum Gasteiger partial charge on any atom is 0.259 e. The van der Waals surface area contributed by atoms with Crippen molar-refractivity contribution >= 4 is 12.0 Å². The second kappa shape index (κ2) is 5.76. The van der Waals surface area contributed by atoms with Gasteiger partial charge in [-0.2, -0.15) is 5.26 Å². The quantitative estimate of drug-likeness (QED) is 0.680. The van der Waals surface area contributed by atoms with Crippen LogP contribution in [0.2, 0.25) is 0 Å². The number of furan rings is 1. The van der Waals surface area contributed by atoms with Crippen LogP contribution in [0.4, 0.5) is 0 Å². The van der Waals surface area contributed by atoms with Crippen LogP contribution in [0.3, 0.4) is 0 Å². The van der Waals surface area contributed by atoms with Gasteiger partial charge < -0.3 is 14.9 Å². The van der Waals surface area contributed by atoms with Gasteiger partial charge in [0, 0.05) is 11.6 Å². The van der Waals surface area contributed by atoms with Crippen LogP contribution in [0.25, 0.3) is 17.4 Å². The predicted molar refractivity (Wildman–Crippen MR) is 73.5 cm³/mol. The number of hydrogen-bond acceptors (Lipinski definition) is 4. The Morgan fingerprint density at radius 2 is 2.00 bits per heavy atom. The zero-order valence-electron chi connectivity index (χ0n) is 10.8. The molecule has 2 N–H and O–H groups in total. The van der Waals surface area contributed by atoms with E-state index in [4.69, 9.17) is 20.1 Å². The van der Waals surface area contributed by atoms with Crippen LogP contribution in [0.5, 0.6) is 5.75 Å². The summed E-state index contributed by atoms with van der Waals surface area (Å²) in [4.78, 5) is 11.0. The number of primary amides is 1. The van der Waals surface area contributed by atoms with Gasteiger partial charge in [-0.15, -0.1) is 0 Å². The molecule has 0 radical (unpaired) electrons. The normalized spacial score (nSPS) is 10.9. The molecule has 0 aliphatic rings. The Kier molecular flexibility index (Phi) is 3.87. The first kappa shape index (κ1) is 13.4. The largest absolute Gasteiger partial charge is 0.497 e. The van der Waals surface area contributed by atoms with E-state index < -0.39 is 5.91 Å². The van der Waals surface area contributed by atoms with Crippen molar-refractivity contribution in [2.24, 2.45) is 5.73 Å². The number of hydrogen-bond donors (Lipinski definition) is 1. The van der Waals surface area contributed by atoms with Gasteiger partial charge in [0.2, 0.25) is 0 Å². The van der Waals surface area contributed by atoms with Gasteiger partial charge in [0.25, 0.3) is 5.91 Å². The van der Waals surface area contributed by atoms with Crippen LogP contribution in [0.1, 0.15) is 5.76 Å². The maximum atomic E-state index is 11.0. The Morgan fingerprint density at radius 1 is 1.30 bits per heavy atom. The number of rotatable bonds is 4. The van der Waals surface area contributed by atoms with Crippen LogP contribution in [-0.2, 0) is 4.79 Å². The van der Waals surface area contributed by atoms with Crippen LogP contribution < -0.4 is 10.5 Å². The summed E-state index contributed by atoms with van der Waals surface area (Å²) >= 11 is 0. The van der Waals surface area contributed by atoms with Crippen LogP contribution in [-0.4, -0.2) is 13.0 Å². The Balaban J connectivity index is 2.29. The first-order valence-electron chi connectivity index (χ1n) is 5.80. The van der Waals surface area contributed by atoms with Gasteiger partial charge in [-0.3, -0.25) is 4.79 Å². The number of amides is 1. The monoisotopic (exact) mass is 268 g/mol. The lowest BCUT2D eigenvalue weighted by atomic mass is 10.2. The number of benzene rings is 1. The van der Waals surface area contributed by atoms with E-state index in [0.717, 1.165) is 11.3 Å². The molecule has 5 nitrogen and oxygen atoms in total. The lowest BCUT2D eigenvalue weighted by molar-refractivity contribution is -0.114. The van der Waals surface area contributed by atoms with Crippen molar-refractivity contribution < 1.29 is 13.9 Å². The number of carbonyl (C=O) groups excluding carboxylic acids is 1. The molecule has 0 bridgehead atoms. The fourth-order valence-electron chi connectivity index (χ4n) is 1.64. The molecule has 0 unspecified atom stereocenters. The summed E-state index contributed by atoms with van der Waals surface area (Å²) < 4.78 is 10.6. The van der Waals surface area contributed by atoms with E-state index in [9.17, 15) is 4.79 Å². The molecule has 0 saturated heterocycles. The average Bonchev–Trinajstić information content (AvgIpc) is 2.93. The highest BCUT2D eigenvalue weighted by molar-refractivity contribution is 6.00. The van der Waals surface area contributed by atoms with E-state index in [-0.39, 0.29) is 5.57 Å². The third kappa shape index (κ3) is 2.87. The smallest absolute Gasteiger partial charge is 0.259 e. The topological polar surface area (TPSA) is 89.2 Å². The van der Waals surface area contributed by atoms with E-state index in [0.29, 0.717) is 11.5 Å². The average molecular weight is 268 g/mol. The number of methoxy groups -OCH3 is 1. The van der Waals surface area contributed by atoms with Gasteiger partial charge in [0.05, 0.1) is 7.11 Å². The van der Waals surface area contributed by atoms with E-state index in [1.54, 1.807) is 25.3 Å². The van der Waals surface area contributed by atoms with Gasteiger partial charge in [-0.1, -0.05) is 0 Å². The van der Waals surface area contributed by atoms with Gasteiger partial charge in [0.15, 0.2) is 0 Å². The minimum absolute atomic E-state index is 0.152. The number of ether oxygens (including phenoxy) is 1. The van der Waals surface area contributed by atoms with Crippen LogP contribution in [0, 0.1) is 11.3 Å². The molecule has 100 valence electrons. The van der Waals surface area contributed by atoms with Gasteiger partial charge in [0.1, 0.15) is 28.9 Å². The van der Waals surface area contributed by atoms with Gasteiger partial charge in [-0.05, 0) is 36.4 Å². The number of nitriles is 1. The van der Waals surface area contributed by atoms with Gasteiger partial charge >= 0.3 is 0 Å². The molecule has 1 aromatic carbocycles. The minimum atomic E-state index is -0.783. The third-order valence-corrected chi connectivity index (χ3v) is 2.67. The zero-order chi connectivity index (χ0) is 14.5. The summed E-state index contributed by atoms with van der Waals surface area (Å²) in [5, 5.41) is 8.76. The van der Waals surface area contributed by atoms with E-state index in [1.165, 1.54) is 6.08 Å². The summed E-state index contributed by atoms with van der Waals surface area (Å²) in [6.07, 6.45) is 1.31. The molecule has 0 aliphatic carbocycles. The van der Waals surface area contributed by atoms with Crippen molar-refractivity contribution in [2.45, 2.75) is 0 Å². The molecular formula is C15H12N2O3. The third-order valence-electron chi connectivity index (χ3n) is 2.67. The first-order valence-corrected chi connectivity index (χ1v) is 5.80. The highest BCUT2D eigenvalue weighted by Gasteiger charge is 2.07. The number of nitrogens with two attached hydrogens (primary N) is 1. The van der Waals surface area contributed by atoms with E-state index >= 15 is 0 Å². The van der Waals surface area contributed by atoms with Crippen molar-refractivity contribution in [3.05, 3.63) is 47.7 Å². The van der Waals surface area contributed by atoms with E-state index in [2.05, 4.69) is 0 Å². The molecule has 0 fully saturated rings. The molecule has 0 saturated carbocycles. The lowest BCUT2D eigenvalue weighted by Gasteiger charge is -2.00. The minimum Gasteiger partial charge on any atom is -0.497 e. The van der Waals surface area contributed by atoms with Crippen LogP contribution >= 0.6 is 0 Å². The van der Waals surface area contributed by atoms with Crippen LogP contribution in [0.15, 0.2) is 46.4 Å². The van der Waals surface area contributed by atoms with E-state index in [1.807, 2.05) is 24.3 Å². The molecule has 1 heterocycles. The summed E-state index contributed by atoms with van der Waals surface area (Å²) in [5.74, 6) is 0.989. The molecule has 2 aromatic rings. The second-order valence-electron chi connectivity index (χ2n) is 3.96. The van der Waals surface area contributed by atoms with Crippen molar-refractivity contribution in [3.63, 3.8) is 0 Å². The molecule has 0 atom stereocenters. The second-order valence-corrected chi connectivity index (χ2v) is 3.96. The van der Waals surface area contributed by atoms with Gasteiger partial charge in [-0.25, -0.2) is 0 Å². The summed E-state index contributed by atoms with van der Waals surface area (Å²) in [6, 6.07) is 12.5. The Hall–Kier alpha value is -3.00. The van der Waals surface area contributed by atoms with Crippen molar-refractivity contribution in [2.75, 3.05) is 7.11 Å². The number of nitrogens with zero attached hydrogens (tertiary/aromatic N) is 1. The molecular weight excluding hydrogens is 256 g/mol. The summed E-state index contributed by atoms with van der Waals surface area (Å²) in [6.45, 7) is 0. The molecule has 1 amide bonds. The zero-order valence-corrected chi connectivity index (χ0v) is 10.8. The Bertz CT molecular complexity index is 691. The molecule has 0 spiro atoms. The summed E-state index contributed by atoms with van der Waals surface area (Å²) in [5.41, 5.74) is 5.77. The lowest BCUT2D eigenvalue weighted by Crippen LogP contribution is -2.12. The maximum absolute atomic E-state index is 11.0. The molecule has 2 rings (SSSR count). The van der Waals surface area contributed by atoms with Crippen molar-refractivity contribution in [1.82, 2.24) is 0 Å². The fourth-order valence-corrected chi connectivity index (χ4v) is 1.64. The van der Waals surface area contributed by atoms with Crippen molar-refractivity contribution in [1.29, 1.82) is 5.26 Å². The SMILES string of the molecule is COc1ccc(-c2ccc(/C=C(\C#N)C(N)=O)o2)cc1. The highest BCUT2D eigenvalue weighted by atomic mass is 16.5. The molecule has 5 heteroatoms. The highest BCUT2D eigenvalue weighted by Crippen LogP contribution is 2.25. The number of carbonyl (C=O) groups is 1. The fraction of sp³-hybridized carbons (Fsp3) is 0.0667. The molecule has 1 aromatic heterocycles. The Morgan fingerprint density at radius 3 is 2.55 bits per heavy atom. The standard InChI is InChI=1S/C15H12N2O3/c1-19-12-4-2-10(3-5-12)14-7-6-13(20-14)8-11(9-16)15(17)18/h2-8H,1H3,(H2,17,18)/b11-8+.